The van der Waals surface area contributed by atoms with E-state index in [0.717, 1.165) is 37.9 Å². The van der Waals surface area contributed by atoms with Gasteiger partial charge in [-0.2, -0.15) is 11.8 Å². The Bertz CT molecular complexity index is 591. The highest BCUT2D eigenvalue weighted by atomic mass is 32.2. The maximum Gasteiger partial charge on any atom is 0.305 e. The van der Waals surface area contributed by atoms with Crippen LogP contribution >= 0.6 is 11.8 Å². The highest BCUT2D eigenvalue weighted by Crippen LogP contribution is 2.47. The van der Waals surface area contributed by atoms with Crippen molar-refractivity contribution in [3.63, 3.8) is 0 Å². The number of amides is 1. The Morgan fingerprint density at radius 3 is 2.18 bits per heavy atom. The van der Waals surface area contributed by atoms with Crippen LogP contribution in [0.25, 0.3) is 0 Å². The van der Waals surface area contributed by atoms with E-state index in [0.29, 0.717) is 82.1 Å². The molecule has 0 aromatic heterocycles. The van der Waals surface area contributed by atoms with Crippen molar-refractivity contribution in [2.45, 2.75) is 50.2 Å². The molecule has 1 amide bonds. The second-order valence-electron chi connectivity index (χ2n) is 8.43. The Balaban J connectivity index is 1.28. The fourth-order valence-corrected chi connectivity index (χ4v) is 5.90. The van der Waals surface area contributed by atoms with Crippen molar-refractivity contribution in [2.24, 2.45) is 11.8 Å². The molecule has 0 spiro atoms. The Kier molecular flexibility index (Phi) is 14.7. The van der Waals surface area contributed by atoms with E-state index in [1.807, 2.05) is 11.8 Å². The number of ketones is 1. The molecule has 2 aliphatic rings. The van der Waals surface area contributed by atoms with Crippen LogP contribution in [0.4, 0.5) is 0 Å². The normalized spacial score (nSPS) is 21.9. The van der Waals surface area contributed by atoms with Gasteiger partial charge in [-0.25, -0.2) is 0 Å². The molecule has 2 N–H and O–H groups in total. The zero-order chi connectivity index (χ0) is 23.7. The lowest BCUT2D eigenvalue weighted by molar-refractivity contribution is -0.138. The fraction of sp³-hybridized carbons (Fsp3) is 0.870. The first-order chi connectivity index (χ1) is 16.1. The van der Waals surface area contributed by atoms with Gasteiger partial charge in [-0.15, -0.1) is 0 Å². The second-order valence-corrected chi connectivity index (χ2v) is 9.70. The number of fused-ring (bicyclic) bond motifs is 1. The minimum absolute atomic E-state index is 0.00200. The number of rotatable bonds is 20. The van der Waals surface area contributed by atoms with Crippen molar-refractivity contribution in [3.8, 4) is 0 Å². The van der Waals surface area contributed by atoms with E-state index in [1.165, 1.54) is 0 Å². The van der Waals surface area contributed by atoms with Gasteiger partial charge in [0.05, 0.1) is 59.3 Å². The van der Waals surface area contributed by atoms with E-state index in [4.69, 9.17) is 24.1 Å². The van der Waals surface area contributed by atoms with Crippen molar-refractivity contribution in [1.29, 1.82) is 0 Å². The van der Waals surface area contributed by atoms with Gasteiger partial charge < -0.3 is 29.4 Å². The van der Waals surface area contributed by atoms with Crippen LogP contribution in [0.3, 0.4) is 0 Å². The Morgan fingerprint density at radius 2 is 1.52 bits per heavy atom. The molecule has 0 aromatic rings. The van der Waals surface area contributed by atoms with E-state index in [-0.39, 0.29) is 18.9 Å². The van der Waals surface area contributed by atoms with E-state index in [2.05, 4.69) is 5.32 Å². The zero-order valence-corrected chi connectivity index (χ0v) is 20.3. The molecule has 0 bridgehead atoms. The van der Waals surface area contributed by atoms with Gasteiger partial charge in [0.1, 0.15) is 5.78 Å². The summed E-state index contributed by atoms with van der Waals surface area (Å²) in [4.78, 5) is 33.8. The van der Waals surface area contributed by atoms with Crippen LogP contribution in [-0.2, 0) is 33.3 Å². The van der Waals surface area contributed by atoms with Crippen molar-refractivity contribution >= 4 is 29.4 Å². The number of hydrogen-bond donors (Lipinski definition) is 2. The monoisotopic (exact) mass is 489 g/mol. The molecule has 1 saturated carbocycles. The number of Topliss-reactive ketones (excluding diaryl/α,β-unsaturated/α-hetero) is 1. The molecule has 2 fully saturated rings. The van der Waals surface area contributed by atoms with Crippen LogP contribution < -0.4 is 5.32 Å². The van der Waals surface area contributed by atoms with Gasteiger partial charge in [-0.05, 0) is 30.4 Å². The lowest BCUT2D eigenvalue weighted by Gasteiger charge is -2.16. The first kappa shape index (κ1) is 28.0. The first-order valence-corrected chi connectivity index (χ1v) is 13.0. The smallest absolute Gasteiger partial charge is 0.305 e. The van der Waals surface area contributed by atoms with Crippen LogP contribution in [0.5, 0.6) is 0 Å². The van der Waals surface area contributed by atoms with E-state index in [1.54, 1.807) is 0 Å². The molecule has 1 aliphatic heterocycles. The molecule has 0 radical (unpaired) electrons. The molecule has 190 valence electrons. The maximum atomic E-state index is 11.9. The lowest BCUT2D eigenvalue weighted by Crippen LogP contribution is -2.27. The molecule has 1 heterocycles. The summed E-state index contributed by atoms with van der Waals surface area (Å²) in [5.74, 6) is 1.95. The predicted molar refractivity (Wildman–Crippen MR) is 124 cm³/mol. The minimum atomic E-state index is -0.874. The number of unbranched alkanes of at least 4 members (excludes halogenated alkanes) is 1. The molecule has 1 saturated heterocycles. The largest absolute Gasteiger partial charge is 0.481 e. The number of thioether (sulfide) groups is 1. The second kappa shape index (κ2) is 17.3. The van der Waals surface area contributed by atoms with Crippen LogP contribution in [0.15, 0.2) is 0 Å². The van der Waals surface area contributed by atoms with Gasteiger partial charge >= 0.3 is 5.97 Å². The summed E-state index contributed by atoms with van der Waals surface area (Å²) >= 11 is 2.02. The number of aliphatic carboxylic acids is 1. The SMILES string of the molecule is O=C(O)CCOCCOCCOCCOCCNC(=O)CCCCC1SCC2CC(=O)CC21. The third kappa shape index (κ3) is 12.7. The maximum absolute atomic E-state index is 11.9. The van der Waals surface area contributed by atoms with Gasteiger partial charge in [-0.3, -0.25) is 14.4 Å². The quantitative estimate of drug-likeness (QED) is 0.247. The molecule has 10 heteroatoms. The van der Waals surface area contributed by atoms with Crippen molar-refractivity contribution in [1.82, 2.24) is 5.32 Å². The third-order valence-electron chi connectivity index (χ3n) is 5.85. The summed E-state index contributed by atoms with van der Waals surface area (Å²) in [6, 6.07) is 0. The van der Waals surface area contributed by atoms with Crippen LogP contribution in [0.1, 0.15) is 44.9 Å². The molecule has 3 unspecified atom stereocenters. The number of carbonyl (C=O) groups is 3. The van der Waals surface area contributed by atoms with Crippen molar-refractivity contribution in [3.05, 3.63) is 0 Å². The average molecular weight is 490 g/mol. The summed E-state index contributed by atoms with van der Waals surface area (Å²) in [5, 5.41) is 12.0. The fourth-order valence-electron chi connectivity index (χ4n) is 4.15. The zero-order valence-electron chi connectivity index (χ0n) is 19.5. The number of carboxylic acids is 1. The molecule has 33 heavy (non-hydrogen) atoms. The Hall–Kier alpha value is -1.20. The van der Waals surface area contributed by atoms with Gasteiger partial charge in [0.15, 0.2) is 0 Å². The van der Waals surface area contributed by atoms with Crippen molar-refractivity contribution in [2.75, 3.05) is 65.2 Å². The van der Waals surface area contributed by atoms with E-state index in [9.17, 15) is 14.4 Å². The molecule has 2 rings (SSSR count). The van der Waals surface area contributed by atoms with Crippen molar-refractivity contribution < 1.29 is 38.4 Å². The standard InChI is InChI=1S/C23H39NO8S/c25-19-15-18-17-33-21(20(18)16-19)3-1-2-4-22(26)24-6-8-30-10-12-32-14-13-31-11-9-29-7-5-23(27)28/h18,20-21H,1-17H2,(H,24,26)(H,27,28). The summed E-state index contributed by atoms with van der Waals surface area (Å²) in [6.45, 7) is 3.71. The van der Waals surface area contributed by atoms with Gasteiger partial charge in [0.2, 0.25) is 5.91 Å². The Morgan fingerprint density at radius 1 is 0.879 bits per heavy atom. The summed E-state index contributed by atoms with van der Waals surface area (Å²) in [5.41, 5.74) is 0. The lowest BCUT2D eigenvalue weighted by atomic mass is 9.92. The number of ether oxygens (including phenoxy) is 4. The molecule has 3 atom stereocenters. The number of nitrogens with one attached hydrogen (secondary N) is 1. The molecule has 1 aliphatic carbocycles. The molecular weight excluding hydrogens is 450 g/mol. The van der Waals surface area contributed by atoms with E-state index >= 15 is 0 Å². The van der Waals surface area contributed by atoms with Gasteiger partial charge in [0.25, 0.3) is 0 Å². The van der Waals surface area contributed by atoms with E-state index < -0.39 is 5.97 Å². The molecule has 9 nitrogen and oxygen atoms in total. The number of hydrogen-bond acceptors (Lipinski definition) is 8. The molecular formula is C23H39NO8S. The summed E-state index contributed by atoms with van der Waals surface area (Å²) < 4.78 is 21.2. The summed E-state index contributed by atoms with van der Waals surface area (Å²) in [7, 11) is 0. The van der Waals surface area contributed by atoms with Crippen LogP contribution in [0.2, 0.25) is 0 Å². The van der Waals surface area contributed by atoms with Gasteiger partial charge in [0, 0.05) is 31.1 Å². The highest BCUT2D eigenvalue weighted by Gasteiger charge is 2.42. The van der Waals surface area contributed by atoms with Crippen LogP contribution in [0, 0.1) is 11.8 Å². The van der Waals surface area contributed by atoms with Gasteiger partial charge in [-0.1, -0.05) is 6.42 Å². The first-order valence-electron chi connectivity index (χ1n) is 12.0. The van der Waals surface area contributed by atoms with Crippen LogP contribution in [-0.4, -0.2) is 93.2 Å². The highest BCUT2D eigenvalue weighted by molar-refractivity contribution is 8.00. The number of carboxylic acid groups (broad SMARTS) is 1. The number of carbonyl (C=O) groups excluding carboxylic acids is 2. The summed E-state index contributed by atoms with van der Waals surface area (Å²) in [6.07, 6.45) is 5.14. The molecule has 0 aromatic carbocycles. The minimum Gasteiger partial charge on any atom is -0.481 e. The predicted octanol–water partition coefficient (Wildman–Crippen LogP) is 1.91. The third-order valence-corrected chi connectivity index (χ3v) is 7.48. The Labute approximate surface area is 200 Å². The average Bonchev–Trinajstić information content (AvgIpc) is 3.33. The topological polar surface area (TPSA) is 120 Å².